The highest BCUT2D eigenvalue weighted by atomic mass is 14.9. The molecule has 0 N–H and O–H groups in total. The molecule has 15 rings (SSSR count). The molecule has 0 aliphatic carbocycles. The van der Waals surface area contributed by atoms with Crippen LogP contribution in [-0.4, -0.2) is 0 Å². The smallest absolute Gasteiger partial charge is 0.200 e. The van der Waals surface area contributed by atoms with Crippen molar-refractivity contribution in [1.29, 1.82) is 0 Å². The Morgan fingerprint density at radius 1 is 0.282 bits per heavy atom. The van der Waals surface area contributed by atoms with E-state index in [1.54, 1.807) is 6.07 Å². The van der Waals surface area contributed by atoms with Crippen LogP contribution in [0.1, 0.15) is 159 Å². The standard InChI is InChI=1S/C23H28N.2C22H26N.2C19H20N/c1-15(2)11-19-7-8-21-20(14-19)9-10-24(6)23(21)22-13-16(3)12-17(4)18(22)5;2*1-14(2)18-7-8-20-19(13-18)9-10-23(6)22(20)21-12-15(3)11-16(4)17(21)5;2*1-13-11-14(2)15(3)18(12-13)19-17-8-6-5-7-16(17)9-10-20(19)4/h7-10,12-15H,11H2,1-6H3;2*7-14H,1-6H3;2*5-12H,1-4H3/q5*+1/i;4D3,14D;;;. The summed E-state index contributed by atoms with van der Waals surface area (Å²) in [5.41, 5.74) is 34.6. The molecule has 0 unspecified atom stereocenters. The van der Waals surface area contributed by atoms with Crippen molar-refractivity contribution in [2.75, 3.05) is 0 Å². The predicted molar refractivity (Wildman–Crippen MR) is 471 cm³/mol. The number of pyridine rings is 5. The number of aryl methyl sites for hydroxylation is 15. The minimum Gasteiger partial charge on any atom is -0.200 e. The Bertz CT molecular complexity index is 6030. The Morgan fingerprint density at radius 2 is 0.555 bits per heavy atom. The van der Waals surface area contributed by atoms with Crippen LogP contribution >= 0.6 is 0 Å². The fourth-order valence-electron chi connectivity index (χ4n) is 16.0. The topological polar surface area (TPSA) is 19.4 Å². The molecule has 0 fully saturated rings. The highest BCUT2D eigenvalue weighted by Crippen LogP contribution is 2.37. The zero-order chi connectivity index (χ0) is 82.9. The van der Waals surface area contributed by atoms with Gasteiger partial charge in [-0.05, 0) is 288 Å². The maximum Gasteiger partial charge on any atom is 0.220 e. The summed E-state index contributed by atoms with van der Waals surface area (Å²) < 4.78 is 43.0. The number of rotatable bonds is 9. The molecular formula is C105H120N5+5. The molecule has 0 saturated heterocycles. The fraction of sp³-hybridized carbons (Fsp3) is 0.286. The van der Waals surface area contributed by atoms with E-state index in [9.17, 15) is 0 Å². The molecule has 0 bridgehead atoms. The van der Waals surface area contributed by atoms with E-state index in [-0.39, 0.29) is 0 Å². The Kier molecular flexibility index (Phi) is 23.1. The summed E-state index contributed by atoms with van der Waals surface area (Å²) in [5.74, 6) is 0.572. The minimum absolute atomic E-state index is 0.401. The first-order valence-electron chi connectivity index (χ1n) is 41.3. The molecule has 0 saturated carbocycles. The number of aromatic nitrogens is 5. The average molecular weight is 1460 g/mol. The van der Waals surface area contributed by atoms with Crippen molar-refractivity contribution in [3.63, 3.8) is 0 Å². The molecule has 5 heteroatoms. The average Bonchev–Trinajstić information content (AvgIpc) is 1.15. The lowest BCUT2D eigenvalue weighted by molar-refractivity contribution is -0.659. The molecule has 5 heterocycles. The number of fused-ring (bicyclic) bond motifs is 5. The number of nitrogens with zero attached hydrogens (tertiary/aromatic N) is 5. The van der Waals surface area contributed by atoms with E-state index in [1.807, 2.05) is 63.7 Å². The van der Waals surface area contributed by atoms with Gasteiger partial charge in [-0.1, -0.05) is 172 Å². The first-order valence-corrected chi connectivity index (χ1v) is 39.3. The maximum atomic E-state index is 8.30. The lowest BCUT2D eigenvalue weighted by Crippen LogP contribution is -2.30. The molecule has 0 spiro atoms. The van der Waals surface area contributed by atoms with Gasteiger partial charge in [0.05, 0.1) is 54.7 Å². The lowest BCUT2D eigenvalue weighted by Gasteiger charge is -2.12. The molecule has 10 aromatic carbocycles. The summed E-state index contributed by atoms with van der Waals surface area (Å²) in [4.78, 5) is 0. The molecule has 0 aliphatic heterocycles. The molecule has 5 nitrogen and oxygen atoms in total. The third-order valence-electron chi connectivity index (χ3n) is 22.6. The Morgan fingerprint density at radius 3 is 0.873 bits per heavy atom. The second-order valence-corrected chi connectivity index (χ2v) is 32.4. The molecule has 0 aliphatic rings. The van der Waals surface area contributed by atoms with Crippen molar-refractivity contribution in [3.8, 4) is 56.3 Å². The molecular weight excluding hydrogens is 1330 g/mol. The molecule has 15 aromatic rings. The first kappa shape index (κ1) is 74.7. The quantitative estimate of drug-likeness (QED) is 0.128. The van der Waals surface area contributed by atoms with Gasteiger partial charge in [-0.3, -0.25) is 0 Å². The van der Waals surface area contributed by atoms with Gasteiger partial charge in [-0.2, -0.15) is 0 Å². The normalized spacial score (nSPS) is 12.0. The largest absolute Gasteiger partial charge is 0.220 e. The summed E-state index contributed by atoms with van der Waals surface area (Å²) in [5, 5.41) is 12.6. The van der Waals surface area contributed by atoms with Crippen LogP contribution < -0.4 is 22.8 Å². The van der Waals surface area contributed by atoms with Crippen molar-refractivity contribution < 1.29 is 28.3 Å². The first-order chi connectivity index (χ1) is 53.8. The Labute approximate surface area is 664 Å². The van der Waals surface area contributed by atoms with Crippen LogP contribution in [0.5, 0.6) is 0 Å². The van der Waals surface area contributed by atoms with Crippen molar-refractivity contribution in [2.45, 2.75) is 164 Å². The van der Waals surface area contributed by atoms with Crippen LogP contribution in [0.25, 0.3) is 110 Å². The minimum atomic E-state index is -2.14. The van der Waals surface area contributed by atoms with Crippen LogP contribution in [0.2, 0.25) is 0 Å². The van der Waals surface area contributed by atoms with E-state index in [4.69, 9.17) is 5.48 Å². The Balaban J connectivity index is 0.000000141. The van der Waals surface area contributed by atoms with Crippen molar-refractivity contribution >= 4 is 53.9 Å². The van der Waals surface area contributed by atoms with E-state index in [2.05, 4.69) is 352 Å². The summed E-state index contributed by atoms with van der Waals surface area (Å²) >= 11 is 0. The fourth-order valence-corrected chi connectivity index (χ4v) is 16.0. The van der Waals surface area contributed by atoms with Gasteiger partial charge in [0.2, 0.25) is 28.5 Å². The van der Waals surface area contributed by atoms with Gasteiger partial charge in [-0.15, -0.1) is 0 Å². The van der Waals surface area contributed by atoms with Gasteiger partial charge in [0.15, 0.2) is 31.0 Å². The molecule has 5 aromatic heterocycles. The third-order valence-corrected chi connectivity index (χ3v) is 22.6. The van der Waals surface area contributed by atoms with E-state index in [0.717, 1.165) is 45.1 Å². The van der Waals surface area contributed by atoms with E-state index in [0.29, 0.717) is 17.4 Å². The summed E-state index contributed by atoms with van der Waals surface area (Å²) in [6.45, 7) is 40.9. The third kappa shape index (κ3) is 17.4. The van der Waals surface area contributed by atoms with Gasteiger partial charge >= 0.3 is 0 Å². The highest BCUT2D eigenvalue weighted by Gasteiger charge is 2.25. The van der Waals surface area contributed by atoms with Gasteiger partial charge in [0.25, 0.3) is 0 Å². The lowest BCUT2D eigenvalue weighted by atomic mass is 9.93. The maximum absolute atomic E-state index is 8.30. The molecule has 560 valence electrons. The van der Waals surface area contributed by atoms with Gasteiger partial charge < -0.3 is 0 Å². The Hall–Kier alpha value is -10.8. The van der Waals surface area contributed by atoms with Crippen LogP contribution in [0.15, 0.2) is 225 Å². The van der Waals surface area contributed by atoms with Crippen LogP contribution in [0, 0.1) is 110 Å². The van der Waals surface area contributed by atoms with Crippen LogP contribution in [-0.2, 0) is 41.7 Å². The molecule has 110 heavy (non-hydrogen) atoms. The van der Waals surface area contributed by atoms with Crippen molar-refractivity contribution in [2.24, 2.45) is 41.2 Å². The highest BCUT2D eigenvalue weighted by molar-refractivity contribution is 5.98. The number of benzene rings is 10. The summed E-state index contributed by atoms with van der Waals surface area (Å²) in [7, 11) is 10.5. The van der Waals surface area contributed by atoms with Gasteiger partial charge in [-0.25, -0.2) is 22.8 Å². The van der Waals surface area contributed by atoms with Crippen molar-refractivity contribution in [1.82, 2.24) is 0 Å². The zero-order valence-electron chi connectivity index (χ0n) is 74.5. The second kappa shape index (κ2) is 34.0. The SMILES string of the molecule is Cc1cc(C)c(C)c(-c2c3ccc(C(C)C)cc3cc[n+]2C)c1.Cc1cc(C)c(C)c(-c2c3ccc(CC(C)C)cc3cc[n+]2C)c1.Cc1cc(C)c(C)c(-c2c3ccccc3cc[n+]2C)c1.Cc1cc(C)c(C)c(-c2c3ccccc3cc[n+]2C)c1.[2H]C([2H])([2H])c1cc(C)cc(-c2c3ccc(C([2H])(C)C)cc3cc[n+]2C)c1C. The predicted octanol–water partition coefficient (Wildman–Crippen LogP) is 24.7. The van der Waals surface area contributed by atoms with Gasteiger partial charge in [0.1, 0.15) is 35.2 Å². The van der Waals surface area contributed by atoms with Crippen LogP contribution in [0.4, 0.5) is 0 Å². The molecule has 0 amide bonds. The second-order valence-electron chi connectivity index (χ2n) is 32.4. The van der Waals surface area contributed by atoms with Crippen LogP contribution in [0.3, 0.4) is 0 Å². The molecule has 0 radical (unpaired) electrons. The van der Waals surface area contributed by atoms with E-state index < -0.39 is 12.7 Å². The monoisotopic (exact) mass is 1450 g/mol. The van der Waals surface area contributed by atoms with Crippen molar-refractivity contribution in [3.05, 3.63) is 325 Å². The number of hydrogen-bond acceptors (Lipinski definition) is 0. The molecule has 0 atom stereocenters. The summed E-state index contributed by atoms with van der Waals surface area (Å²) in [6.07, 6.45) is 11.8. The summed E-state index contributed by atoms with van der Waals surface area (Å²) in [6, 6.07) is 70.1. The zero-order valence-corrected chi connectivity index (χ0v) is 70.5. The van der Waals surface area contributed by atoms with E-state index >= 15 is 0 Å². The van der Waals surface area contributed by atoms with E-state index in [1.165, 1.54) is 166 Å². The number of hydrogen-bond donors (Lipinski definition) is 0. The van der Waals surface area contributed by atoms with Gasteiger partial charge in [0, 0.05) is 35.8 Å².